The van der Waals surface area contributed by atoms with Crippen molar-refractivity contribution in [2.24, 2.45) is 10.9 Å². The third-order valence-electron chi connectivity index (χ3n) is 5.30. The number of likely N-dealkylation sites (tertiary alicyclic amines) is 1. The predicted octanol–water partition coefficient (Wildman–Crippen LogP) is 2.59. The van der Waals surface area contributed by atoms with E-state index in [0.717, 1.165) is 57.3 Å². The molecule has 3 atom stereocenters. The van der Waals surface area contributed by atoms with E-state index in [9.17, 15) is 5.11 Å². The zero-order valence-electron chi connectivity index (χ0n) is 15.5. The molecule has 0 aromatic heterocycles. The van der Waals surface area contributed by atoms with Crippen molar-refractivity contribution < 1.29 is 5.11 Å². The van der Waals surface area contributed by atoms with Crippen LogP contribution in [-0.4, -0.2) is 60.8 Å². The number of rotatable bonds is 7. The number of aliphatic imine (C=N–C) groups is 1. The first-order valence-electron chi connectivity index (χ1n) is 9.65. The van der Waals surface area contributed by atoms with E-state index in [1.807, 2.05) is 0 Å². The van der Waals surface area contributed by atoms with Gasteiger partial charge in [-0.25, -0.2) is 0 Å². The fraction of sp³-hybridized carbons (Fsp3) is 0.944. The Morgan fingerprint density at radius 3 is 2.67 bits per heavy atom. The molecular formula is C18H37IN4O. The van der Waals surface area contributed by atoms with Crippen LogP contribution in [0, 0.1) is 5.92 Å². The van der Waals surface area contributed by atoms with E-state index in [1.165, 1.54) is 32.4 Å². The quantitative estimate of drug-likeness (QED) is 0.241. The van der Waals surface area contributed by atoms with Gasteiger partial charge in [0.25, 0.3) is 0 Å². The summed E-state index contributed by atoms with van der Waals surface area (Å²) in [6.07, 6.45) is 8.28. The summed E-state index contributed by atoms with van der Waals surface area (Å²) in [5, 5.41) is 16.7. The van der Waals surface area contributed by atoms with Crippen LogP contribution in [0.2, 0.25) is 0 Å². The number of nitrogens with zero attached hydrogens (tertiary/aromatic N) is 2. The van der Waals surface area contributed by atoms with Crippen molar-refractivity contribution in [3.63, 3.8) is 0 Å². The van der Waals surface area contributed by atoms with Crippen molar-refractivity contribution in [2.45, 2.75) is 70.9 Å². The van der Waals surface area contributed by atoms with E-state index >= 15 is 0 Å². The van der Waals surface area contributed by atoms with Gasteiger partial charge in [0.05, 0.1) is 6.10 Å². The lowest BCUT2D eigenvalue weighted by molar-refractivity contribution is 0.136. The van der Waals surface area contributed by atoms with Crippen LogP contribution in [0.5, 0.6) is 0 Å². The molecular weight excluding hydrogens is 415 g/mol. The van der Waals surface area contributed by atoms with Gasteiger partial charge in [-0.15, -0.1) is 24.0 Å². The minimum Gasteiger partial charge on any atom is -0.393 e. The van der Waals surface area contributed by atoms with Crippen molar-refractivity contribution in [2.75, 3.05) is 32.7 Å². The van der Waals surface area contributed by atoms with Crippen molar-refractivity contribution in [1.82, 2.24) is 15.5 Å². The molecule has 142 valence electrons. The van der Waals surface area contributed by atoms with Gasteiger partial charge in [0.15, 0.2) is 5.96 Å². The largest absolute Gasteiger partial charge is 0.393 e. The van der Waals surface area contributed by atoms with Gasteiger partial charge in [-0.05, 0) is 52.5 Å². The molecule has 2 aliphatic rings. The smallest absolute Gasteiger partial charge is 0.191 e. The van der Waals surface area contributed by atoms with E-state index in [2.05, 4.69) is 34.4 Å². The zero-order chi connectivity index (χ0) is 16.5. The summed E-state index contributed by atoms with van der Waals surface area (Å²) in [5.74, 6) is 1.25. The Labute approximate surface area is 165 Å². The lowest BCUT2D eigenvalue weighted by Crippen LogP contribution is -2.41. The van der Waals surface area contributed by atoms with Crippen molar-refractivity contribution in [3.05, 3.63) is 0 Å². The molecule has 2 fully saturated rings. The molecule has 3 N–H and O–H groups in total. The fourth-order valence-corrected chi connectivity index (χ4v) is 3.76. The van der Waals surface area contributed by atoms with Gasteiger partial charge in [0, 0.05) is 38.1 Å². The molecule has 2 rings (SSSR count). The van der Waals surface area contributed by atoms with Crippen LogP contribution in [0.4, 0.5) is 0 Å². The highest BCUT2D eigenvalue weighted by molar-refractivity contribution is 14.0. The molecule has 6 heteroatoms. The van der Waals surface area contributed by atoms with Crippen LogP contribution >= 0.6 is 24.0 Å². The summed E-state index contributed by atoms with van der Waals surface area (Å²) < 4.78 is 0. The van der Waals surface area contributed by atoms with Gasteiger partial charge in [0.1, 0.15) is 0 Å². The average molecular weight is 452 g/mol. The van der Waals surface area contributed by atoms with Crippen LogP contribution in [0.15, 0.2) is 4.99 Å². The molecule has 1 heterocycles. The molecule has 1 aliphatic carbocycles. The van der Waals surface area contributed by atoms with Gasteiger partial charge in [-0.2, -0.15) is 0 Å². The van der Waals surface area contributed by atoms with Gasteiger partial charge in [0.2, 0.25) is 0 Å². The summed E-state index contributed by atoms with van der Waals surface area (Å²) >= 11 is 0. The third-order valence-corrected chi connectivity index (χ3v) is 5.30. The maximum absolute atomic E-state index is 9.90. The molecule has 0 spiro atoms. The molecule has 0 amide bonds. The van der Waals surface area contributed by atoms with Crippen LogP contribution in [-0.2, 0) is 0 Å². The molecule has 1 saturated heterocycles. The lowest BCUT2D eigenvalue weighted by Gasteiger charge is -2.33. The van der Waals surface area contributed by atoms with Gasteiger partial charge < -0.3 is 20.6 Å². The topological polar surface area (TPSA) is 59.9 Å². The molecule has 3 unspecified atom stereocenters. The molecule has 0 bridgehead atoms. The lowest BCUT2D eigenvalue weighted by atomic mass is 10.0. The molecule has 0 radical (unpaired) electrons. The first kappa shape index (κ1) is 22.0. The van der Waals surface area contributed by atoms with Crippen LogP contribution in [0.3, 0.4) is 0 Å². The van der Waals surface area contributed by atoms with E-state index in [4.69, 9.17) is 0 Å². The van der Waals surface area contributed by atoms with Crippen molar-refractivity contribution >= 4 is 29.9 Å². The maximum Gasteiger partial charge on any atom is 0.191 e. The molecule has 0 aromatic carbocycles. The van der Waals surface area contributed by atoms with Crippen LogP contribution in [0.1, 0.15) is 58.8 Å². The van der Waals surface area contributed by atoms with Gasteiger partial charge in [-0.3, -0.25) is 4.99 Å². The van der Waals surface area contributed by atoms with Crippen molar-refractivity contribution in [1.29, 1.82) is 0 Å². The highest BCUT2D eigenvalue weighted by Crippen LogP contribution is 2.25. The average Bonchev–Trinajstić information content (AvgIpc) is 2.96. The minimum absolute atomic E-state index is 0. The second-order valence-electron chi connectivity index (χ2n) is 7.14. The monoisotopic (exact) mass is 452 g/mol. The SMILES string of the molecule is CCNC(=NCC1CCCC1O)NCCCN1CCCCC1C.I. The summed E-state index contributed by atoms with van der Waals surface area (Å²) in [6, 6.07) is 0.745. The summed E-state index contributed by atoms with van der Waals surface area (Å²) in [5.41, 5.74) is 0. The van der Waals surface area contributed by atoms with Crippen LogP contribution < -0.4 is 10.6 Å². The minimum atomic E-state index is -0.151. The normalized spacial score (nSPS) is 28.5. The number of nitrogens with one attached hydrogen (secondary N) is 2. The number of guanidine groups is 1. The van der Waals surface area contributed by atoms with Crippen molar-refractivity contribution in [3.8, 4) is 0 Å². The Balaban J connectivity index is 0.00000288. The molecule has 5 nitrogen and oxygen atoms in total. The van der Waals surface area contributed by atoms with Gasteiger partial charge in [-0.1, -0.05) is 12.8 Å². The number of hydrogen-bond acceptors (Lipinski definition) is 3. The molecule has 24 heavy (non-hydrogen) atoms. The Hall–Kier alpha value is -0.0800. The number of aliphatic hydroxyl groups excluding tert-OH is 1. The summed E-state index contributed by atoms with van der Waals surface area (Å²) in [6.45, 7) is 9.45. The van der Waals surface area contributed by atoms with Gasteiger partial charge >= 0.3 is 0 Å². The van der Waals surface area contributed by atoms with E-state index in [-0.39, 0.29) is 30.1 Å². The number of hydrogen-bond donors (Lipinski definition) is 3. The zero-order valence-corrected chi connectivity index (χ0v) is 17.8. The first-order valence-corrected chi connectivity index (χ1v) is 9.65. The molecule has 1 saturated carbocycles. The fourth-order valence-electron chi connectivity index (χ4n) is 3.76. The first-order chi connectivity index (χ1) is 11.2. The standard InChI is InChI=1S/C18H36N4O.HI/c1-3-19-18(21-14-16-9-6-10-17(16)23)20-11-7-13-22-12-5-4-8-15(22)2;/h15-17,23H,3-14H2,1-2H3,(H2,19,20,21);1H. The molecule has 1 aliphatic heterocycles. The highest BCUT2D eigenvalue weighted by atomic mass is 127. The second kappa shape index (κ2) is 12.3. The Morgan fingerprint density at radius 1 is 1.17 bits per heavy atom. The number of aliphatic hydroxyl groups is 1. The second-order valence-corrected chi connectivity index (χ2v) is 7.14. The third kappa shape index (κ3) is 7.44. The predicted molar refractivity (Wildman–Crippen MR) is 112 cm³/mol. The van der Waals surface area contributed by atoms with Crippen LogP contribution in [0.25, 0.3) is 0 Å². The Morgan fingerprint density at radius 2 is 2.00 bits per heavy atom. The van der Waals surface area contributed by atoms with E-state index in [1.54, 1.807) is 0 Å². The highest BCUT2D eigenvalue weighted by Gasteiger charge is 2.24. The van der Waals surface area contributed by atoms with E-state index < -0.39 is 0 Å². The summed E-state index contributed by atoms with van der Waals surface area (Å²) in [7, 11) is 0. The summed E-state index contributed by atoms with van der Waals surface area (Å²) in [4.78, 5) is 7.28. The Kier molecular flexibility index (Phi) is 11.3. The number of halogens is 1. The Bertz CT molecular complexity index is 367. The number of piperidine rings is 1. The maximum atomic E-state index is 9.90. The molecule has 0 aromatic rings. The van der Waals surface area contributed by atoms with E-state index in [0.29, 0.717) is 5.92 Å².